The molecule has 4 aliphatic rings. The van der Waals surface area contributed by atoms with Gasteiger partial charge >= 0.3 is 0 Å². The summed E-state index contributed by atoms with van der Waals surface area (Å²) in [5, 5.41) is 34.3. The highest BCUT2D eigenvalue weighted by molar-refractivity contribution is 9.10. The van der Waals surface area contributed by atoms with E-state index in [0.29, 0.717) is 56.6 Å². The molecule has 0 aliphatic carbocycles. The van der Waals surface area contributed by atoms with E-state index in [2.05, 4.69) is 72.9 Å². The number of hydrogen-bond donors (Lipinski definition) is 5. The van der Waals surface area contributed by atoms with Crippen molar-refractivity contribution in [2.24, 2.45) is 5.10 Å². The van der Waals surface area contributed by atoms with Gasteiger partial charge in [0.15, 0.2) is 11.6 Å². The van der Waals surface area contributed by atoms with Gasteiger partial charge in [0.05, 0.1) is 87.9 Å². The van der Waals surface area contributed by atoms with E-state index in [4.69, 9.17) is 38.0 Å². The number of methoxy groups -OCH3 is 4. The minimum absolute atomic E-state index is 0.188. The highest BCUT2D eigenvalue weighted by Gasteiger charge is 2.38. The topological polar surface area (TPSA) is 205 Å². The minimum Gasteiger partial charge on any atom is -0.384 e. The van der Waals surface area contributed by atoms with E-state index >= 15 is 0 Å². The van der Waals surface area contributed by atoms with Crippen LogP contribution in [0, 0.1) is 44.0 Å². The molecule has 5 N–H and O–H groups in total. The second-order valence-corrected chi connectivity index (χ2v) is 24.8. The zero-order valence-electron chi connectivity index (χ0n) is 51.4. The Hall–Kier alpha value is -6.41. The Morgan fingerprint density at radius 3 is 1.64 bits per heavy atom. The van der Waals surface area contributed by atoms with Crippen LogP contribution in [-0.4, -0.2) is 117 Å². The number of aryl methyl sites for hydroxylation is 2. The lowest BCUT2D eigenvalue weighted by molar-refractivity contribution is -0.122. The van der Waals surface area contributed by atoms with Gasteiger partial charge in [-0.3, -0.25) is 18.7 Å². The molecule has 6 aromatic rings. The van der Waals surface area contributed by atoms with Crippen LogP contribution in [-0.2, 0) is 65.3 Å². The molecular formula is C61H78BrClF4N12O6S. The molecule has 4 aromatic carbocycles. The van der Waals surface area contributed by atoms with Crippen molar-refractivity contribution in [3.63, 3.8) is 0 Å². The van der Waals surface area contributed by atoms with E-state index in [1.165, 1.54) is 37.4 Å². The largest absolute Gasteiger partial charge is 0.384 e. The van der Waals surface area contributed by atoms with Gasteiger partial charge in [-0.05, 0) is 174 Å². The summed E-state index contributed by atoms with van der Waals surface area (Å²) in [4.78, 5) is 22.5. The van der Waals surface area contributed by atoms with Crippen molar-refractivity contribution in [3.05, 3.63) is 127 Å². The van der Waals surface area contributed by atoms with Crippen LogP contribution >= 0.6 is 39.7 Å². The number of ether oxygens (including phenoxy) is 4. The highest BCUT2D eigenvalue weighted by atomic mass is 79.9. The van der Waals surface area contributed by atoms with Gasteiger partial charge in [-0.15, -0.1) is 20.4 Å². The molecular weight excluding hydrogens is 1220 g/mol. The smallest absolute Gasteiger partial charge is 0.242 e. The van der Waals surface area contributed by atoms with Crippen molar-refractivity contribution in [2.75, 3.05) is 76.1 Å². The van der Waals surface area contributed by atoms with Crippen LogP contribution in [0.5, 0.6) is 0 Å². The first-order valence-electron chi connectivity index (χ1n) is 27.8. The van der Waals surface area contributed by atoms with Gasteiger partial charge < -0.3 is 40.2 Å². The zero-order chi connectivity index (χ0) is 63.6. The summed E-state index contributed by atoms with van der Waals surface area (Å²) >= 11 is 13.6. The Kier molecular flexibility index (Phi) is 23.2. The van der Waals surface area contributed by atoms with Crippen LogP contribution in [0.15, 0.2) is 58.1 Å². The number of carbonyl (C=O) groups excluding carboxylic acids is 2. The molecule has 18 nitrogen and oxygen atoms in total. The number of anilines is 4. The molecule has 0 saturated heterocycles. The summed E-state index contributed by atoms with van der Waals surface area (Å²) in [6.45, 7) is 23.6. The van der Waals surface area contributed by atoms with Gasteiger partial charge in [0.2, 0.25) is 11.1 Å². The molecule has 10 rings (SSSR count). The number of nitrogens with zero attached hydrogens (tertiary/aromatic N) is 7. The van der Waals surface area contributed by atoms with Gasteiger partial charge in [0.25, 0.3) is 0 Å². The normalized spacial score (nSPS) is 15.9. The maximum absolute atomic E-state index is 14.1. The van der Waals surface area contributed by atoms with E-state index in [-0.39, 0.29) is 46.4 Å². The summed E-state index contributed by atoms with van der Waals surface area (Å²) < 4.78 is 78.4. The molecule has 0 fully saturated rings. The molecule has 0 unspecified atom stereocenters. The SMILES string of the molecule is COCCC(=O)Cl.COCCC(=O)N/N=C1/Cc2c(C)cc(F)cc2NC1(C)C.COCCc1nnc2n1-c1c(cc(F)c(Br)c1C)NC2(C)C.COCCc1nnc2n1-c1ccc(F)cc1NC2(C)C.Cc1cc(F)cc2c1CC(=S)C(C)(C)N2. The molecule has 0 saturated carbocycles. The number of benzene rings is 4. The van der Waals surface area contributed by atoms with Crippen LogP contribution < -0.4 is 26.7 Å². The Labute approximate surface area is 519 Å². The van der Waals surface area contributed by atoms with E-state index in [1.54, 1.807) is 39.5 Å². The van der Waals surface area contributed by atoms with Gasteiger partial charge in [-0.25, -0.2) is 23.0 Å². The molecule has 1 amide bonds. The van der Waals surface area contributed by atoms with E-state index in [0.717, 1.165) is 102 Å². The summed E-state index contributed by atoms with van der Waals surface area (Å²) in [5.41, 5.74) is 11.6. The number of hydrogen-bond acceptors (Lipinski definition) is 16. The fraction of sp³-hybridized carbons (Fsp3) is 0.475. The Morgan fingerprint density at radius 2 is 1.10 bits per heavy atom. The average Bonchev–Trinajstić information content (AvgIpc) is 3.94. The van der Waals surface area contributed by atoms with Crippen molar-refractivity contribution in [1.82, 2.24) is 35.0 Å². The summed E-state index contributed by atoms with van der Waals surface area (Å²) in [7, 11) is 6.39. The van der Waals surface area contributed by atoms with Crippen LogP contribution in [0.4, 0.5) is 40.3 Å². The number of carbonyl (C=O) groups is 2. The lowest BCUT2D eigenvalue weighted by Gasteiger charge is -2.35. The second-order valence-electron chi connectivity index (χ2n) is 23.1. The molecule has 0 radical (unpaired) electrons. The van der Waals surface area contributed by atoms with Crippen molar-refractivity contribution < 1.29 is 46.1 Å². The van der Waals surface area contributed by atoms with E-state index in [1.807, 2.05) is 85.3 Å². The van der Waals surface area contributed by atoms with Gasteiger partial charge in [-0.1, -0.05) is 12.2 Å². The Balaban J connectivity index is 0.000000178. The lowest BCUT2D eigenvalue weighted by Crippen LogP contribution is -2.46. The van der Waals surface area contributed by atoms with E-state index < -0.39 is 16.6 Å². The first kappa shape index (κ1) is 68.7. The van der Waals surface area contributed by atoms with Crippen LogP contribution in [0.3, 0.4) is 0 Å². The number of thiocarbonyl (C=S) groups is 1. The van der Waals surface area contributed by atoms with E-state index in [9.17, 15) is 27.2 Å². The third kappa shape index (κ3) is 16.6. The monoisotopic (exact) mass is 1300 g/mol. The lowest BCUT2D eigenvalue weighted by atomic mass is 9.85. The summed E-state index contributed by atoms with van der Waals surface area (Å²) in [6.07, 6.45) is 3.21. The van der Waals surface area contributed by atoms with Gasteiger partial charge in [-0.2, -0.15) is 5.10 Å². The first-order valence-corrected chi connectivity index (χ1v) is 29.4. The maximum atomic E-state index is 14.1. The quantitative estimate of drug-likeness (QED) is 0.0316. The number of aromatic nitrogens is 6. The first-order chi connectivity index (χ1) is 40.4. The van der Waals surface area contributed by atoms with Gasteiger partial charge in [0.1, 0.15) is 34.9 Å². The van der Waals surface area contributed by atoms with Crippen LogP contribution in [0.2, 0.25) is 0 Å². The predicted molar refractivity (Wildman–Crippen MR) is 337 cm³/mol. The third-order valence-electron chi connectivity index (χ3n) is 14.6. The van der Waals surface area contributed by atoms with Crippen molar-refractivity contribution in [1.29, 1.82) is 0 Å². The summed E-state index contributed by atoms with van der Waals surface area (Å²) in [6, 6.07) is 12.3. The fourth-order valence-corrected chi connectivity index (χ4v) is 10.5. The fourth-order valence-electron chi connectivity index (χ4n) is 9.92. The molecule has 6 heterocycles. The molecule has 86 heavy (non-hydrogen) atoms. The van der Waals surface area contributed by atoms with Crippen molar-refractivity contribution in [2.45, 2.75) is 137 Å². The van der Waals surface area contributed by atoms with Gasteiger partial charge in [0, 0.05) is 82.8 Å². The van der Waals surface area contributed by atoms with Crippen LogP contribution in [0.25, 0.3) is 11.4 Å². The number of rotatable bonds is 13. The molecule has 0 bridgehead atoms. The zero-order valence-corrected chi connectivity index (χ0v) is 54.6. The average molecular weight is 1300 g/mol. The molecule has 0 spiro atoms. The number of halogens is 6. The highest BCUT2D eigenvalue weighted by Crippen LogP contribution is 2.42. The third-order valence-corrected chi connectivity index (χ3v) is 16.4. The Morgan fingerprint density at radius 1 is 0.628 bits per heavy atom. The van der Waals surface area contributed by atoms with Crippen LogP contribution in [0.1, 0.15) is 119 Å². The molecule has 466 valence electrons. The summed E-state index contributed by atoms with van der Waals surface area (Å²) in [5.74, 6) is 2.09. The predicted octanol–water partition coefficient (Wildman–Crippen LogP) is 12.0. The Bertz CT molecular complexity index is 3480. The number of amides is 1. The molecule has 0 atom stereocenters. The molecule has 4 aliphatic heterocycles. The maximum Gasteiger partial charge on any atom is 0.242 e. The van der Waals surface area contributed by atoms with Crippen molar-refractivity contribution >= 4 is 84.2 Å². The minimum atomic E-state index is -0.457. The molecule has 2 aromatic heterocycles. The standard InChI is InChI=1S/C16H22FN3O2.C15H18BrFN4O.C14H17FN4O.C12H14FNS.C4H7ClO2/c1-10-7-11(17)8-13-12(10)9-14(16(2,3)18-13)19-20-15(21)5-6-22-4;1-8-12(16)9(17)7-10-13(8)21-11(5-6-22-4)19-20-14(21)15(2,3)18-10;1-14(2)13-18-17-12(6-7-20-3)19(13)11-5-4-9(15)8-10(11)16-14;1-7-4-8(13)5-10-9(7)6-11(15)12(2,3)14-10;1-7-3-2-4(5)6/h7-8,18H,5-6,9H2,1-4H3,(H,20,21);7,18H,5-6H2,1-4H3;4-5,8,16H,6-7H2,1-3H3;4-5,14H,6H2,1-3H3;2-3H2,1H3/b19-14-;;;;. The van der Waals surface area contributed by atoms with Crippen molar-refractivity contribution in [3.8, 4) is 11.4 Å². The number of hydrazone groups is 1. The number of fused-ring (bicyclic) bond motifs is 8. The molecule has 25 heteroatoms. The second kappa shape index (κ2) is 29.1. The number of nitrogens with one attached hydrogen (secondary N) is 5.